The molecule has 0 spiro atoms. The summed E-state index contributed by atoms with van der Waals surface area (Å²) in [6, 6.07) is 7.65. The number of ether oxygens (including phenoxy) is 2. The van der Waals surface area contributed by atoms with Crippen LogP contribution in [0.25, 0.3) is 0 Å². The third-order valence-electron chi connectivity index (χ3n) is 4.11. The Bertz CT molecular complexity index is 785. The molecule has 0 radical (unpaired) electrons. The zero-order chi connectivity index (χ0) is 19.3. The molecular weight excluding hydrogens is 396 g/mol. The van der Waals surface area contributed by atoms with Gasteiger partial charge in [-0.15, -0.1) is 0 Å². The van der Waals surface area contributed by atoms with Gasteiger partial charge in [-0.3, -0.25) is 9.98 Å². The molecule has 0 amide bonds. The maximum atomic E-state index is 5.97. The Kier molecular flexibility index (Phi) is 6.06. The molecule has 0 fully saturated rings. The average molecular weight is 419 g/mol. The van der Waals surface area contributed by atoms with Crippen molar-refractivity contribution in [2.24, 2.45) is 20.2 Å². The van der Waals surface area contributed by atoms with Crippen LogP contribution in [-0.2, 0) is 0 Å². The summed E-state index contributed by atoms with van der Waals surface area (Å²) in [6.07, 6.45) is 1.97. The third-order valence-corrected chi connectivity index (χ3v) is 6.13. The van der Waals surface area contributed by atoms with Crippen LogP contribution >= 0.6 is 23.5 Å². The van der Waals surface area contributed by atoms with Gasteiger partial charge in [-0.2, -0.15) is 10.2 Å². The van der Waals surface area contributed by atoms with E-state index in [0.717, 1.165) is 46.4 Å². The summed E-state index contributed by atoms with van der Waals surface area (Å²) in [5, 5.41) is 16.2. The molecule has 0 aliphatic carbocycles. The highest BCUT2D eigenvalue weighted by molar-refractivity contribution is 8.27. The Hall–Kier alpha value is -2.20. The first-order valence-electron chi connectivity index (χ1n) is 9.11. The Morgan fingerprint density at radius 3 is 1.71 bits per heavy atom. The summed E-state index contributed by atoms with van der Waals surface area (Å²) < 4.78 is 11.9. The van der Waals surface area contributed by atoms with Crippen molar-refractivity contribution in [3.63, 3.8) is 0 Å². The van der Waals surface area contributed by atoms with Crippen molar-refractivity contribution in [3.05, 3.63) is 24.3 Å². The van der Waals surface area contributed by atoms with Gasteiger partial charge < -0.3 is 9.47 Å². The second kappa shape index (κ2) is 8.87. The molecule has 3 heterocycles. The van der Waals surface area contributed by atoms with E-state index >= 15 is 0 Å². The summed E-state index contributed by atoms with van der Waals surface area (Å²) in [6.45, 7) is 2.29. The highest BCUT2D eigenvalue weighted by Crippen LogP contribution is 2.29. The van der Waals surface area contributed by atoms with Crippen molar-refractivity contribution in [3.8, 4) is 11.5 Å². The molecule has 1 aromatic carbocycles. The Morgan fingerprint density at radius 2 is 1.25 bits per heavy atom. The average Bonchev–Trinajstić information content (AvgIpc) is 3.23. The van der Waals surface area contributed by atoms with E-state index in [1.54, 1.807) is 23.5 Å². The van der Waals surface area contributed by atoms with Gasteiger partial charge in [-0.1, -0.05) is 12.1 Å². The summed E-state index contributed by atoms with van der Waals surface area (Å²) in [5.74, 6) is 1.37. The van der Waals surface area contributed by atoms with Crippen LogP contribution < -0.4 is 9.47 Å². The van der Waals surface area contributed by atoms with Crippen molar-refractivity contribution >= 4 is 43.9 Å². The van der Waals surface area contributed by atoms with Gasteiger partial charge in [0.15, 0.2) is 21.8 Å². The lowest BCUT2D eigenvalue weighted by Crippen LogP contribution is -2.13. The minimum absolute atomic E-state index is 0.379. The van der Waals surface area contributed by atoms with E-state index in [0.29, 0.717) is 24.7 Å². The molecule has 0 unspecified atom stereocenters. The molecule has 148 valence electrons. The predicted octanol–water partition coefficient (Wildman–Crippen LogP) is 2.93. The smallest absolute Gasteiger partial charge is 0.185 e. The number of hydrogen-bond donors (Lipinski definition) is 0. The van der Waals surface area contributed by atoms with E-state index in [1.807, 2.05) is 48.4 Å². The van der Waals surface area contributed by atoms with Crippen LogP contribution in [0.5, 0.6) is 11.5 Å². The van der Waals surface area contributed by atoms with Crippen molar-refractivity contribution < 1.29 is 9.47 Å². The Labute approximate surface area is 172 Å². The van der Waals surface area contributed by atoms with Gasteiger partial charge >= 0.3 is 0 Å². The van der Waals surface area contributed by atoms with E-state index in [2.05, 4.69) is 20.2 Å². The van der Waals surface area contributed by atoms with Crippen LogP contribution in [0, 0.1) is 0 Å². The van der Waals surface area contributed by atoms with Gasteiger partial charge in [0.25, 0.3) is 0 Å². The number of rotatable bonds is 0. The van der Waals surface area contributed by atoms with Crippen molar-refractivity contribution in [2.75, 3.05) is 40.4 Å². The Morgan fingerprint density at radius 1 is 0.786 bits per heavy atom. The van der Waals surface area contributed by atoms with Crippen LogP contribution in [-0.4, -0.2) is 70.8 Å². The van der Waals surface area contributed by atoms with Crippen LogP contribution in [0.1, 0.15) is 12.8 Å². The molecule has 0 N–H and O–H groups in total. The van der Waals surface area contributed by atoms with Crippen molar-refractivity contribution in [1.82, 2.24) is 10.0 Å². The first-order valence-corrected chi connectivity index (χ1v) is 10.7. The van der Waals surface area contributed by atoms with E-state index in [1.165, 1.54) is 0 Å². The van der Waals surface area contributed by atoms with Gasteiger partial charge in [0, 0.05) is 27.2 Å². The highest BCUT2D eigenvalue weighted by atomic mass is 32.2. The van der Waals surface area contributed by atoms with E-state index < -0.39 is 0 Å². The number of hydrogen-bond acceptors (Lipinski definition) is 10. The molecule has 28 heavy (non-hydrogen) atoms. The van der Waals surface area contributed by atoms with E-state index in [4.69, 9.17) is 9.47 Å². The fraction of sp³-hybridized carbons (Fsp3) is 0.444. The highest BCUT2D eigenvalue weighted by Gasteiger charge is 2.22. The standard InChI is InChI=1S/C18H22N6O2S2/c1-23-17-19-9-5-6-10-20-18-24(2)22-16(28-18)12-26-14-8-4-3-7-13(14)25-11-15(21-23)27-17/h3-4,7-8H,5-6,9-12H2,1-2H3. The number of thioether (sulfide) groups is 2. The second-order valence-electron chi connectivity index (χ2n) is 6.30. The lowest BCUT2D eigenvalue weighted by atomic mass is 10.3. The first kappa shape index (κ1) is 19.1. The molecule has 10 heteroatoms. The number of aliphatic imine (C=N–C) groups is 2. The molecule has 0 atom stereocenters. The lowest BCUT2D eigenvalue weighted by molar-refractivity contribution is 0.321. The van der Waals surface area contributed by atoms with Gasteiger partial charge in [0.05, 0.1) is 0 Å². The summed E-state index contributed by atoms with van der Waals surface area (Å²) in [5.41, 5.74) is 0. The Balaban J connectivity index is 1.52. The second-order valence-corrected chi connectivity index (χ2v) is 8.38. The summed E-state index contributed by atoms with van der Waals surface area (Å²) in [7, 11) is 3.82. The fourth-order valence-electron chi connectivity index (χ4n) is 2.73. The number of fused-ring (bicyclic) bond motifs is 5. The van der Waals surface area contributed by atoms with Crippen LogP contribution in [0.15, 0.2) is 44.5 Å². The number of amidine groups is 2. The van der Waals surface area contributed by atoms with Crippen molar-refractivity contribution in [2.45, 2.75) is 12.8 Å². The summed E-state index contributed by atoms with van der Waals surface area (Å²) in [4.78, 5) is 9.32. The number of hydrazone groups is 2. The number of benzene rings is 1. The SMILES string of the molecule is CN1N=C2COc3ccccc3OCC3=NN(C)C(=NCCCCN=C1S2)S3. The fourth-order valence-corrected chi connectivity index (χ4v) is 4.37. The molecule has 3 aliphatic rings. The maximum absolute atomic E-state index is 5.97. The molecule has 8 nitrogen and oxygen atoms in total. The van der Waals surface area contributed by atoms with Gasteiger partial charge in [0.2, 0.25) is 0 Å². The lowest BCUT2D eigenvalue weighted by Gasteiger charge is -2.11. The van der Waals surface area contributed by atoms with Gasteiger partial charge in [0.1, 0.15) is 23.3 Å². The number of nitrogens with zero attached hydrogens (tertiary/aromatic N) is 6. The zero-order valence-electron chi connectivity index (χ0n) is 15.9. The van der Waals surface area contributed by atoms with Crippen LogP contribution in [0.2, 0.25) is 0 Å². The molecule has 4 rings (SSSR count). The van der Waals surface area contributed by atoms with Gasteiger partial charge in [-0.05, 0) is 48.5 Å². The topological polar surface area (TPSA) is 74.4 Å². The maximum Gasteiger partial charge on any atom is 0.185 e. The molecule has 1 aromatic rings. The van der Waals surface area contributed by atoms with E-state index in [-0.39, 0.29) is 0 Å². The van der Waals surface area contributed by atoms with E-state index in [9.17, 15) is 0 Å². The molecule has 3 aliphatic heterocycles. The monoisotopic (exact) mass is 418 g/mol. The van der Waals surface area contributed by atoms with Crippen LogP contribution in [0.4, 0.5) is 0 Å². The first-order chi connectivity index (χ1) is 13.7. The quantitative estimate of drug-likeness (QED) is 0.645. The predicted molar refractivity (Wildman–Crippen MR) is 117 cm³/mol. The number of para-hydroxylation sites is 2. The summed E-state index contributed by atoms with van der Waals surface area (Å²) >= 11 is 3.10. The van der Waals surface area contributed by atoms with Crippen molar-refractivity contribution in [1.29, 1.82) is 0 Å². The minimum Gasteiger partial charge on any atom is -0.483 e. The molecule has 4 bridgehead atoms. The largest absolute Gasteiger partial charge is 0.483 e. The third kappa shape index (κ3) is 4.61. The molecule has 0 saturated carbocycles. The molecular formula is C18H22N6O2S2. The molecule has 0 aromatic heterocycles. The molecule has 0 saturated heterocycles. The van der Waals surface area contributed by atoms with Gasteiger partial charge in [-0.25, -0.2) is 10.0 Å². The minimum atomic E-state index is 0.379. The normalized spacial score (nSPS) is 20.6. The van der Waals surface area contributed by atoms with Crippen LogP contribution in [0.3, 0.4) is 0 Å². The zero-order valence-corrected chi connectivity index (χ0v) is 17.5.